The van der Waals surface area contributed by atoms with Gasteiger partial charge >= 0.3 is 5.97 Å². The Morgan fingerprint density at radius 3 is 2.76 bits per heavy atom. The fourth-order valence-electron chi connectivity index (χ4n) is 4.00. The highest BCUT2D eigenvalue weighted by Gasteiger charge is 2.30. The first kappa shape index (κ1) is 27.2. The van der Waals surface area contributed by atoms with Gasteiger partial charge in [0.2, 0.25) is 6.41 Å². The molecular formula is C25H40N4O3S. The summed E-state index contributed by atoms with van der Waals surface area (Å²) >= 11 is 1.62. The van der Waals surface area contributed by atoms with Crippen LogP contribution in [0.5, 0.6) is 0 Å². The Morgan fingerprint density at radius 1 is 1.33 bits per heavy atom. The monoisotopic (exact) mass is 476 g/mol. The Kier molecular flexibility index (Phi) is 11.7. The number of hydrogen-bond donors (Lipinski definition) is 1. The third kappa shape index (κ3) is 8.03. The molecule has 0 aromatic heterocycles. The zero-order valence-electron chi connectivity index (χ0n) is 20.8. The number of carbonyl (C=O) groups excluding carboxylic acids is 2. The quantitative estimate of drug-likeness (QED) is 0.340. The number of amides is 1. The number of amidine groups is 1. The number of thioether (sulfide) groups is 1. The average molecular weight is 477 g/mol. The SMILES string of the molecule is C/C=C\S/C(=C/CC)C1=NCC(C(=O)OCC)=C(CN2CCN(C=O)C(CC(C)CC)C2)N1. The Labute approximate surface area is 203 Å². The van der Waals surface area contributed by atoms with Gasteiger partial charge in [-0.1, -0.05) is 51.1 Å². The molecule has 0 saturated carbocycles. The van der Waals surface area contributed by atoms with E-state index in [1.807, 2.05) is 30.2 Å². The van der Waals surface area contributed by atoms with Gasteiger partial charge < -0.3 is 15.0 Å². The highest BCUT2D eigenvalue weighted by molar-refractivity contribution is 8.06. The molecule has 0 aromatic carbocycles. The molecule has 0 radical (unpaired) electrons. The van der Waals surface area contributed by atoms with Gasteiger partial charge in [-0.05, 0) is 38.0 Å². The van der Waals surface area contributed by atoms with Crippen LogP contribution in [0.1, 0.15) is 53.9 Å². The maximum Gasteiger partial charge on any atom is 0.337 e. The molecule has 33 heavy (non-hydrogen) atoms. The van der Waals surface area contributed by atoms with Crippen molar-refractivity contribution < 1.29 is 14.3 Å². The van der Waals surface area contributed by atoms with Crippen LogP contribution in [-0.2, 0) is 14.3 Å². The lowest BCUT2D eigenvalue weighted by atomic mass is 9.96. The van der Waals surface area contributed by atoms with Crippen molar-refractivity contribution in [3.05, 3.63) is 33.7 Å². The van der Waals surface area contributed by atoms with Gasteiger partial charge in [-0.3, -0.25) is 14.7 Å². The van der Waals surface area contributed by atoms with E-state index in [1.165, 1.54) is 0 Å². The summed E-state index contributed by atoms with van der Waals surface area (Å²) in [5.74, 6) is 1.04. The molecule has 0 spiro atoms. The average Bonchev–Trinajstić information content (AvgIpc) is 2.82. The van der Waals surface area contributed by atoms with Crippen molar-refractivity contribution in [2.24, 2.45) is 10.9 Å². The molecule has 2 heterocycles. The van der Waals surface area contributed by atoms with E-state index in [9.17, 15) is 9.59 Å². The van der Waals surface area contributed by atoms with Crippen LogP contribution >= 0.6 is 11.8 Å². The van der Waals surface area contributed by atoms with Crippen LogP contribution in [0.4, 0.5) is 0 Å². The number of carbonyl (C=O) groups is 2. The van der Waals surface area contributed by atoms with Gasteiger partial charge in [0.25, 0.3) is 0 Å². The van der Waals surface area contributed by atoms with Gasteiger partial charge in [-0.25, -0.2) is 4.79 Å². The predicted molar refractivity (Wildman–Crippen MR) is 137 cm³/mol. The molecule has 2 unspecified atom stereocenters. The van der Waals surface area contributed by atoms with Gasteiger partial charge in [0, 0.05) is 42.8 Å². The standard InChI is InChI=1S/C25H40N4O3S/c1-6-10-23(33-13-7-2)24-26-15-21(25(31)32-9-4)22(27-24)17-28-11-12-29(18-30)20(16-28)14-19(5)8-3/h7,10,13,18-20H,6,8-9,11-12,14-17H2,1-5H3,(H,26,27)/b13-7-,23-10+. The minimum absolute atomic E-state index is 0.190. The Hall–Kier alpha value is -2.06. The second kappa shape index (κ2) is 14.3. The summed E-state index contributed by atoms with van der Waals surface area (Å²) in [6.45, 7) is 13.8. The molecule has 0 aromatic rings. The lowest BCUT2D eigenvalue weighted by Crippen LogP contribution is -2.54. The number of esters is 1. The van der Waals surface area contributed by atoms with Crippen LogP contribution in [-0.4, -0.2) is 73.4 Å². The van der Waals surface area contributed by atoms with E-state index >= 15 is 0 Å². The van der Waals surface area contributed by atoms with Crippen LogP contribution in [0, 0.1) is 5.92 Å². The van der Waals surface area contributed by atoms with Gasteiger partial charge in [-0.2, -0.15) is 0 Å². The molecule has 0 aliphatic carbocycles. The van der Waals surface area contributed by atoms with E-state index in [0.29, 0.717) is 37.7 Å². The van der Waals surface area contributed by atoms with Crippen molar-refractivity contribution in [2.45, 2.75) is 59.9 Å². The molecular weight excluding hydrogens is 436 g/mol. The van der Waals surface area contributed by atoms with Crippen LogP contribution in [0.2, 0.25) is 0 Å². The number of piperazine rings is 1. The molecule has 0 bridgehead atoms. The molecule has 7 nitrogen and oxygen atoms in total. The first-order chi connectivity index (χ1) is 16.0. The first-order valence-corrected chi connectivity index (χ1v) is 13.0. The molecule has 1 fully saturated rings. The predicted octanol–water partition coefficient (Wildman–Crippen LogP) is 3.94. The van der Waals surface area contributed by atoms with Crippen molar-refractivity contribution >= 4 is 30.0 Å². The van der Waals surface area contributed by atoms with Gasteiger partial charge in [-0.15, -0.1) is 0 Å². The Morgan fingerprint density at radius 2 is 2.12 bits per heavy atom. The highest BCUT2D eigenvalue weighted by Crippen LogP contribution is 2.24. The molecule has 8 heteroatoms. The van der Waals surface area contributed by atoms with Crippen LogP contribution in [0.25, 0.3) is 0 Å². The number of nitrogens with zero attached hydrogens (tertiary/aromatic N) is 3. The first-order valence-electron chi connectivity index (χ1n) is 12.1. The van der Waals surface area contributed by atoms with Crippen LogP contribution in [0.3, 0.4) is 0 Å². The normalized spacial score (nSPS) is 21.1. The molecule has 1 amide bonds. The zero-order chi connectivity index (χ0) is 24.2. The van der Waals surface area contributed by atoms with Gasteiger partial charge in [0.05, 0.1) is 18.7 Å². The van der Waals surface area contributed by atoms with E-state index in [0.717, 1.165) is 55.2 Å². The third-order valence-corrected chi connectivity index (χ3v) is 7.03. The summed E-state index contributed by atoms with van der Waals surface area (Å²) in [5.41, 5.74) is 1.44. The summed E-state index contributed by atoms with van der Waals surface area (Å²) in [4.78, 5) is 34.3. The molecule has 2 rings (SSSR count). The van der Waals surface area contributed by atoms with E-state index in [4.69, 9.17) is 4.74 Å². The molecule has 184 valence electrons. The minimum Gasteiger partial charge on any atom is -0.463 e. The van der Waals surface area contributed by atoms with Crippen LogP contribution in [0.15, 0.2) is 38.7 Å². The number of nitrogens with one attached hydrogen (secondary N) is 1. The lowest BCUT2D eigenvalue weighted by Gasteiger charge is -2.41. The van der Waals surface area contributed by atoms with Crippen molar-refractivity contribution in [2.75, 3.05) is 39.3 Å². The second-order valence-corrected chi connectivity index (χ2v) is 9.46. The maximum atomic E-state index is 12.7. The van der Waals surface area contributed by atoms with E-state index in [2.05, 4.69) is 42.1 Å². The largest absolute Gasteiger partial charge is 0.463 e. The summed E-state index contributed by atoms with van der Waals surface area (Å²) in [6.07, 6.45) is 8.11. The molecule has 2 aliphatic rings. The van der Waals surface area contributed by atoms with Gasteiger partial charge in [0.15, 0.2) is 0 Å². The fourth-order valence-corrected chi connectivity index (χ4v) is 4.77. The van der Waals surface area contributed by atoms with E-state index < -0.39 is 0 Å². The topological polar surface area (TPSA) is 74.2 Å². The van der Waals surface area contributed by atoms with Gasteiger partial charge in [0.1, 0.15) is 5.84 Å². The number of aliphatic imine (C=N–C) groups is 1. The summed E-state index contributed by atoms with van der Waals surface area (Å²) in [6, 6.07) is 0.190. The number of rotatable bonds is 12. The number of ether oxygens (including phenoxy) is 1. The molecule has 2 atom stereocenters. The maximum absolute atomic E-state index is 12.7. The van der Waals surface area contributed by atoms with Crippen molar-refractivity contribution in [3.8, 4) is 0 Å². The molecule has 1 N–H and O–H groups in total. The fraction of sp³-hybridized carbons (Fsp3) is 0.640. The third-order valence-electron chi connectivity index (χ3n) is 6.01. The zero-order valence-corrected chi connectivity index (χ0v) is 21.6. The minimum atomic E-state index is -0.312. The molecule has 1 saturated heterocycles. The summed E-state index contributed by atoms with van der Waals surface area (Å²) in [7, 11) is 0. The van der Waals surface area contributed by atoms with Crippen molar-refractivity contribution in [3.63, 3.8) is 0 Å². The Balaban J connectivity index is 2.23. The van der Waals surface area contributed by atoms with E-state index in [1.54, 1.807) is 11.8 Å². The summed E-state index contributed by atoms with van der Waals surface area (Å²) < 4.78 is 5.32. The smallest absolute Gasteiger partial charge is 0.337 e. The number of allylic oxidation sites excluding steroid dienone is 2. The van der Waals surface area contributed by atoms with Crippen molar-refractivity contribution in [1.82, 2.24) is 15.1 Å². The lowest BCUT2D eigenvalue weighted by molar-refractivity contribution is -0.138. The van der Waals surface area contributed by atoms with Crippen molar-refractivity contribution in [1.29, 1.82) is 0 Å². The molecule has 2 aliphatic heterocycles. The number of hydrogen-bond acceptors (Lipinski definition) is 7. The highest BCUT2D eigenvalue weighted by atomic mass is 32.2. The second-order valence-electron chi connectivity index (χ2n) is 8.51. The Bertz CT molecular complexity index is 791. The summed E-state index contributed by atoms with van der Waals surface area (Å²) in [5, 5.41) is 5.49. The van der Waals surface area contributed by atoms with E-state index in [-0.39, 0.29) is 12.0 Å². The van der Waals surface area contributed by atoms with Crippen LogP contribution < -0.4 is 5.32 Å².